The van der Waals surface area contributed by atoms with Gasteiger partial charge in [-0.15, -0.1) is 0 Å². The van der Waals surface area contributed by atoms with Gasteiger partial charge in [0.25, 0.3) is 15.9 Å². The molecule has 0 aromatic heterocycles. The molecule has 2 aromatic carbocycles. The number of nitrogens with zero attached hydrogens (tertiary/aromatic N) is 1. The summed E-state index contributed by atoms with van der Waals surface area (Å²) in [5.74, 6) is -3.13. The molecule has 0 saturated carbocycles. The molecule has 2 rings (SSSR count). The number of nitrogens with one attached hydrogen (secondary N) is 2. The summed E-state index contributed by atoms with van der Waals surface area (Å²) in [6.45, 7) is -0.286. The summed E-state index contributed by atoms with van der Waals surface area (Å²) in [7, 11) is -1.45. The summed E-state index contributed by atoms with van der Waals surface area (Å²) in [4.78, 5) is 24.2. The van der Waals surface area contributed by atoms with Crippen molar-refractivity contribution in [3.05, 3.63) is 59.7 Å². The average Bonchev–Trinajstić information content (AvgIpc) is 2.61. The van der Waals surface area contributed by atoms with Gasteiger partial charge in [0, 0.05) is 14.1 Å². The van der Waals surface area contributed by atoms with Gasteiger partial charge in [-0.25, -0.2) is 17.2 Å². The molecule has 27 heavy (non-hydrogen) atoms. The lowest BCUT2D eigenvalue weighted by Gasteiger charge is -2.14. The summed E-state index contributed by atoms with van der Waals surface area (Å²) in [6.07, 6.45) is 0. The molecule has 0 aliphatic heterocycles. The molecule has 0 unspecified atom stereocenters. The van der Waals surface area contributed by atoms with Crippen LogP contribution in [0, 0.1) is 11.6 Å². The van der Waals surface area contributed by atoms with Gasteiger partial charge in [0.2, 0.25) is 5.91 Å². The van der Waals surface area contributed by atoms with Gasteiger partial charge >= 0.3 is 0 Å². The van der Waals surface area contributed by atoms with Gasteiger partial charge in [-0.3, -0.25) is 14.3 Å². The van der Waals surface area contributed by atoms with Crippen LogP contribution in [0.15, 0.2) is 47.4 Å². The molecule has 0 bridgehead atoms. The predicted octanol–water partition coefficient (Wildman–Crippen LogP) is 1.58. The highest BCUT2D eigenvalue weighted by atomic mass is 32.2. The first-order chi connectivity index (χ1) is 12.6. The minimum atomic E-state index is -4.49. The molecule has 0 atom stereocenters. The first-order valence-corrected chi connectivity index (χ1v) is 9.15. The molecule has 10 heteroatoms. The van der Waals surface area contributed by atoms with Gasteiger partial charge in [-0.05, 0) is 30.3 Å². The van der Waals surface area contributed by atoms with Crippen LogP contribution in [0.4, 0.5) is 14.5 Å². The molecule has 0 saturated heterocycles. The number of rotatable bonds is 6. The Morgan fingerprint density at radius 1 is 1.07 bits per heavy atom. The third-order valence-corrected chi connectivity index (χ3v) is 4.88. The number of benzene rings is 2. The first-order valence-electron chi connectivity index (χ1n) is 7.67. The van der Waals surface area contributed by atoms with Crippen LogP contribution in [0.5, 0.6) is 0 Å². The highest BCUT2D eigenvalue weighted by Crippen LogP contribution is 2.22. The molecule has 0 aliphatic carbocycles. The Labute approximate surface area is 155 Å². The smallest absolute Gasteiger partial charge is 0.264 e. The maximum Gasteiger partial charge on any atom is 0.264 e. The van der Waals surface area contributed by atoms with E-state index in [0.29, 0.717) is 12.1 Å². The quantitative estimate of drug-likeness (QED) is 0.774. The molecule has 0 aliphatic rings. The normalized spacial score (nSPS) is 11.0. The van der Waals surface area contributed by atoms with Crippen molar-refractivity contribution >= 4 is 27.5 Å². The molecule has 0 heterocycles. The lowest BCUT2D eigenvalue weighted by atomic mass is 10.1. The van der Waals surface area contributed by atoms with Crippen molar-refractivity contribution in [2.75, 3.05) is 25.4 Å². The fraction of sp³-hybridized carbons (Fsp3) is 0.176. The number of anilines is 1. The zero-order valence-corrected chi connectivity index (χ0v) is 15.3. The summed E-state index contributed by atoms with van der Waals surface area (Å²) in [5, 5.41) is 2.37. The summed E-state index contributed by atoms with van der Waals surface area (Å²) >= 11 is 0. The second-order valence-corrected chi connectivity index (χ2v) is 7.35. The highest BCUT2D eigenvalue weighted by Gasteiger charge is 2.22. The number of carbonyl (C=O) groups excluding carboxylic acids is 2. The Balaban J connectivity index is 2.28. The van der Waals surface area contributed by atoms with E-state index in [4.69, 9.17) is 0 Å². The van der Waals surface area contributed by atoms with E-state index in [9.17, 15) is 26.8 Å². The van der Waals surface area contributed by atoms with Gasteiger partial charge in [0.1, 0.15) is 16.5 Å². The van der Waals surface area contributed by atoms with Crippen LogP contribution >= 0.6 is 0 Å². The lowest BCUT2D eigenvalue weighted by Crippen LogP contribution is -2.36. The molecular formula is C17H17F2N3O4S. The Hall–Kier alpha value is -3.01. The SMILES string of the molecule is CN(C)C(=O)CNC(=O)c1ccccc1NS(=O)(=O)c1cc(F)ccc1F. The van der Waals surface area contributed by atoms with Crippen LogP contribution in [0.2, 0.25) is 0 Å². The third-order valence-electron chi connectivity index (χ3n) is 3.50. The molecule has 2 amide bonds. The summed E-state index contributed by atoms with van der Waals surface area (Å²) in [5.41, 5.74) is -0.222. The first kappa shape index (κ1) is 20.3. The van der Waals surface area contributed by atoms with Gasteiger partial charge in [0.15, 0.2) is 0 Å². The van der Waals surface area contributed by atoms with E-state index in [2.05, 4.69) is 10.0 Å². The van der Waals surface area contributed by atoms with Crippen molar-refractivity contribution in [1.82, 2.24) is 10.2 Å². The number of carbonyl (C=O) groups is 2. The Kier molecular flexibility index (Phi) is 6.11. The highest BCUT2D eigenvalue weighted by molar-refractivity contribution is 7.92. The molecule has 0 radical (unpaired) electrons. The van der Waals surface area contributed by atoms with Crippen LogP contribution in [0.25, 0.3) is 0 Å². The van der Waals surface area contributed by atoms with E-state index in [-0.39, 0.29) is 23.7 Å². The van der Waals surface area contributed by atoms with E-state index in [1.165, 1.54) is 43.3 Å². The van der Waals surface area contributed by atoms with E-state index < -0.39 is 32.5 Å². The van der Waals surface area contributed by atoms with Crippen LogP contribution in [-0.4, -0.2) is 45.8 Å². The van der Waals surface area contributed by atoms with Crippen molar-refractivity contribution < 1.29 is 26.8 Å². The average molecular weight is 397 g/mol. The maximum absolute atomic E-state index is 13.8. The van der Waals surface area contributed by atoms with Crippen LogP contribution in [0.1, 0.15) is 10.4 Å². The minimum Gasteiger partial charge on any atom is -0.347 e. The largest absolute Gasteiger partial charge is 0.347 e. The molecule has 7 nitrogen and oxygen atoms in total. The number of likely N-dealkylation sites (N-methyl/N-ethyl adjacent to an activating group) is 1. The topological polar surface area (TPSA) is 95.6 Å². The summed E-state index contributed by atoms with van der Waals surface area (Å²) in [6, 6.07) is 7.58. The molecule has 0 spiro atoms. The second kappa shape index (κ2) is 8.12. The van der Waals surface area contributed by atoms with Crippen LogP contribution in [-0.2, 0) is 14.8 Å². The maximum atomic E-state index is 13.8. The molecule has 2 N–H and O–H groups in total. The van der Waals surface area contributed by atoms with Crippen molar-refractivity contribution in [1.29, 1.82) is 0 Å². The van der Waals surface area contributed by atoms with Gasteiger partial charge in [-0.1, -0.05) is 12.1 Å². The third kappa shape index (κ3) is 5.00. The van der Waals surface area contributed by atoms with Crippen molar-refractivity contribution in [2.24, 2.45) is 0 Å². The van der Waals surface area contributed by atoms with E-state index in [1.54, 1.807) is 0 Å². The lowest BCUT2D eigenvalue weighted by molar-refractivity contribution is -0.127. The zero-order valence-electron chi connectivity index (χ0n) is 14.5. The number of hydrogen-bond donors (Lipinski definition) is 2. The fourth-order valence-electron chi connectivity index (χ4n) is 2.06. The molecular weight excluding hydrogens is 380 g/mol. The molecule has 2 aromatic rings. The summed E-state index contributed by atoms with van der Waals surface area (Å²) < 4.78 is 54.0. The monoisotopic (exact) mass is 397 g/mol. The predicted molar refractivity (Wildman–Crippen MR) is 94.6 cm³/mol. The minimum absolute atomic E-state index is 0.0792. The van der Waals surface area contributed by atoms with Gasteiger partial charge in [-0.2, -0.15) is 0 Å². The van der Waals surface area contributed by atoms with Crippen LogP contribution < -0.4 is 10.0 Å². The number of sulfonamides is 1. The van der Waals surface area contributed by atoms with Crippen molar-refractivity contribution in [3.63, 3.8) is 0 Å². The Bertz CT molecular complexity index is 978. The van der Waals surface area contributed by atoms with Crippen LogP contribution in [0.3, 0.4) is 0 Å². The van der Waals surface area contributed by atoms with Crippen molar-refractivity contribution in [3.8, 4) is 0 Å². The van der Waals surface area contributed by atoms with E-state index in [1.807, 2.05) is 0 Å². The number of para-hydroxylation sites is 1. The van der Waals surface area contributed by atoms with E-state index >= 15 is 0 Å². The number of amides is 2. The molecule has 144 valence electrons. The number of halogens is 2. The fourth-order valence-corrected chi connectivity index (χ4v) is 3.23. The standard InChI is InChI=1S/C17H17F2N3O4S/c1-22(2)16(23)10-20-17(24)12-5-3-4-6-14(12)21-27(25,26)15-9-11(18)7-8-13(15)19/h3-9,21H,10H2,1-2H3,(H,20,24). The zero-order chi connectivity index (χ0) is 20.2. The Morgan fingerprint density at radius 2 is 1.74 bits per heavy atom. The van der Waals surface area contributed by atoms with Gasteiger partial charge < -0.3 is 10.2 Å². The molecule has 0 fully saturated rings. The van der Waals surface area contributed by atoms with Gasteiger partial charge in [0.05, 0.1) is 17.8 Å². The number of hydrogen-bond acceptors (Lipinski definition) is 4. The van der Waals surface area contributed by atoms with E-state index in [0.717, 1.165) is 6.07 Å². The second-order valence-electron chi connectivity index (χ2n) is 5.70. The van der Waals surface area contributed by atoms with Crippen molar-refractivity contribution in [2.45, 2.75) is 4.90 Å². The Morgan fingerprint density at radius 3 is 2.41 bits per heavy atom.